The van der Waals surface area contributed by atoms with Gasteiger partial charge >= 0.3 is 6.03 Å². The Hall–Kier alpha value is -3.42. The summed E-state index contributed by atoms with van der Waals surface area (Å²) in [5.41, 5.74) is 4.89. The van der Waals surface area contributed by atoms with Crippen molar-refractivity contribution in [3.8, 4) is 5.82 Å². The van der Waals surface area contributed by atoms with Gasteiger partial charge in [-0.1, -0.05) is 12.1 Å². The number of amides is 2. The maximum Gasteiger partial charge on any atom is 0.319 e. The molecule has 0 atom stereocenters. The molecular formula is C20H25N7O. The van der Waals surface area contributed by atoms with E-state index in [0.29, 0.717) is 24.7 Å². The molecule has 0 saturated carbocycles. The second-order valence-electron chi connectivity index (χ2n) is 6.74. The fourth-order valence-electron chi connectivity index (χ4n) is 2.80. The van der Waals surface area contributed by atoms with Gasteiger partial charge in [-0.15, -0.1) is 10.2 Å². The highest BCUT2D eigenvalue weighted by Crippen LogP contribution is 2.16. The summed E-state index contributed by atoms with van der Waals surface area (Å²) in [5.74, 6) is 1.31. The number of carbonyl (C=O) groups is 1. The first-order valence-electron chi connectivity index (χ1n) is 9.16. The second-order valence-corrected chi connectivity index (χ2v) is 6.74. The van der Waals surface area contributed by atoms with Gasteiger partial charge in [0.25, 0.3) is 0 Å². The molecule has 8 heteroatoms. The summed E-state index contributed by atoms with van der Waals surface area (Å²) in [4.78, 5) is 12.0. The van der Waals surface area contributed by atoms with Crippen molar-refractivity contribution in [3.63, 3.8) is 0 Å². The van der Waals surface area contributed by atoms with Gasteiger partial charge in [0.15, 0.2) is 5.82 Å². The lowest BCUT2D eigenvalue weighted by Crippen LogP contribution is -2.33. The number of carbonyl (C=O) groups excluding carboxylic acids is 1. The van der Waals surface area contributed by atoms with Crippen molar-refractivity contribution >= 4 is 17.5 Å². The van der Waals surface area contributed by atoms with Crippen LogP contribution in [0.3, 0.4) is 0 Å². The largest absolute Gasteiger partial charge is 0.367 e. The molecule has 2 aromatic heterocycles. The number of nitrogens with zero attached hydrogens (tertiary/aromatic N) is 4. The molecule has 0 spiro atoms. The van der Waals surface area contributed by atoms with Crippen LogP contribution >= 0.6 is 0 Å². The summed E-state index contributed by atoms with van der Waals surface area (Å²) in [5, 5.41) is 21.6. The summed E-state index contributed by atoms with van der Waals surface area (Å²) in [7, 11) is 0. The normalized spacial score (nSPS) is 10.6. The van der Waals surface area contributed by atoms with Crippen LogP contribution in [0.2, 0.25) is 0 Å². The average Bonchev–Trinajstić information content (AvgIpc) is 3.00. The van der Waals surface area contributed by atoms with Crippen molar-refractivity contribution in [1.29, 1.82) is 0 Å². The van der Waals surface area contributed by atoms with Gasteiger partial charge in [-0.25, -0.2) is 9.48 Å². The molecule has 1 aromatic carbocycles. The topological polar surface area (TPSA) is 96.8 Å². The Balaban J connectivity index is 1.45. The first-order chi connectivity index (χ1) is 13.4. The molecule has 0 fully saturated rings. The monoisotopic (exact) mass is 379 g/mol. The van der Waals surface area contributed by atoms with E-state index in [1.807, 2.05) is 64.1 Å². The second kappa shape index (κ2) is 8.51. The Labute approximate surface area is 164 Å². The van der Waals surface area contributed by atoms with Crippen molar-refractivity contribution < 1.29 is 4.79 Å². The van der Waals surface area contributed by atoms with Gasteiger partial charge in [-0.3, -0.25) is 0 Å². The van der Waals surface area contributed by atoms with Crippen molar-refractivity contribution in [2.24, 2.45) is 0 Å². The summed E-state index contributed by atoms with van der Waals surface area (Å²) in [6.45, 7) is 8.86. The van der Waals surface area contributed by atoms with Crippen molar-refractivity contribution in [2.45, 2.75) is 27.7 Å². The molecule has 146 valence electrons. The third-order valence-corrected chi connectivity index (χ3v) is 4.24. The molecule has 0 bridgehead atoms. The number of urea groups is 1. The van der Waals surface area contributed by atoms with Gasteiger partial charge in [0.1, 0.15) is 5.82 Å². The number of hydrogen-bond donors (Lipinski definition) is 3. The average molecular weight is 379 g/mol. The zero-order valence-electron chi connectivity index (χ0n) is 16.6. The van der Waals surface area contributed by atoms with Crippen LogP contribution in [0.4, 0.5) is 16.3 Å². The molecule has 3 N–H and O–H groups in total. The lowest BCUT2D eigenvalue weighted by molar-refractivity contribution is 0.252. The number of benzene rings is 1. The zero-order chi connectivity index (χ0) is 20.1. The Kier molecular flexibility index (Phi) is 5.88. The standard InChI is InChI=1S/C20H25N7O/c1-13-5-6-14(2)17(11-13)23-20(28)22-10-9-21-18-7-8-19(25-24-18)27-16(4)12-15(3)26-27/h5-8,11-12H,9-10H2,1-4H3,(H,21,24)(H2,22,23,28). The fraction of sp³-hybridized carbons (Fsp3) is 0.300. The quantitative estimate of drug-likeness (QED) is 0.572. The van der Waals surface area contributed by atoms with Gasteiger partial charge in [0.2, 0.25) is 0 Å². The Morgan fingerprint density at radius 3 is 2.50 bits per heavy atom. The molecule has 0 aliphatic rings. The Morgan fingerprint density at radius 1 is 1.00 bits per heavy atom. The van der Waals surface area contributed by atoms with E-state index < -0.39 is 0 Å². The van der Waals surface area contributed by atoms with Gasteiger partial charge in [-0.2, -0.15) is 5.10 Å². The smallest absolute Gasteiger partial charge is 0.319 e. The molecule has 0 unspecified atom stereocenters. The fourth-order valence-corrected chi connectivity index (χ4v) is 2.80. The van der Waals surface area contributed by atoms with Crippen LogP contribution in [-0.2, 0) is 0 Å². The van der Waals surface area contributed by atoms with Crippen LogP contribution in [0, 0.1) is 27.7 Å². The molecular weight excluding hydrogens is 354 g/mol. The predicted molar refractivity (Wildman–Crippen MR) is 110 cm³/mol. The summed E-state index contributed by atoms with van der Waals surface area (Å²) < 4.78 is 1.76. The van der Waals surface area contributed by atoms with Crippen LogP contribution < -0.4 is 16.0 Å². The van der Waals surface area contributed by atoms with E-state index in [0.717, 1.165) is 28.2 Å². The van der Waals surface area contributed by atoms with E-state index in [1.54, 1.807) is 4.68 Å². The maximum atomic E-state index is 12.0. The molecule has 0 radical (unpaired) electrons. The minimum absolute atomic E-state index is 0.235. The minimum Gasteiger partial charge on any atom is -0.367 e. The molecule has 2 heterocycles. The lowest BCUT2D eigenvalue weighted by atomic mass is 10.1. The number of rotatable bonds is 6. The molecule has 0 aliphatic carbocycles. The van der Waals surface area contributed by atoms with Crippen molar-refractivity contribution in [2.75, 3.05) is 23.7 Å². The van der Waals surface area contributed by atoms with Gasteiger partial charge in [-0.05, 0) is 63.1 Å². The highest BCUT2D eigenvalue weighted by atomic mass is 16.2. The number of aromatic nitrogens is 4. The van der Waals surface area contributed by atoms with Gasteiger partial charge < -0.3 is 16.0 Å². The molecule has 28 heavy (non-hydrogen) atoms. The van der Waals surface area contributed by atoms with E-state index in [9.17, 15) is 4.79 Å². The SMILES string of the molecule is Cc1ccc(C)c(NC(=O)NCCNc2ccc(-n3nc(C)cc3C)nn2)c1. The van der Waals surface area contributed by atoms with E-state index in [2.05, 4.69) is 31.2 Å². The number of anilines is 2. The third kappa shape index (κ3) is 4.85. The van der Waals surface area contributed by atoms with E-state index >= 15 is 0 Å². The first kappa shape index (κ1) is 19.3. The zero-order valence-corrected chi connectivity index (χ0v) is 16.6. The van der Waals surface area contributed by atoms with Crippen LogP contribution in [0.1, 0.15) is 22.5 Å². The summed E-state index contributed by atoms with van der Waals surface area (Å²) >= 11 is 0. The summed E-state index contributed by atoms with van der Waals surface area (Å²) in [6, 6.07) is 11.4. The first-order valence-corrected chi connectivity index (χ1v) is 9.16. The van der Waals surface area contributed by atoms with Crippen molar-refractivity contribution in [3.05, 3.63) is 58.9 Å². The van der Waals surface area contributed by atoms with E-state index in [1.165, 1.54) is 0 Å². The lowest BCUT2D eigenvalue weighted by Gasteiger charge is -2.11. The minimum atomic E-state index is -0.235. The highest BCUT2D eigenvalue weighted by Gasteiger charge is 2.06. The van der Waals surface area contributed by atoms with Crippen LogP contribution in [0.5, 0.6) is 0 Å². The molecule has 0 aliphatic heterocycles. The van der Waals surface area contributed by atoms with Crippen LogP contribution in [-0.4, -0.2) is 39.1 Å². The Morgan fingerprint density at radius 2 is 1.82 bits per heavy atom. The van der Waals surface area contributed by atoms with Gasteiger partial charge in [0, 0.05) is 24.5 Å². The molecule has 3 rings (SSSR count). The number of aryl methyl sites for hydroxylation is 4. The summed E-state index contributed by atoms with van der Waals surface area (Å²) in [6.07, 6.45) is 0. The predicted octanol–water partition coefficient (Wildman–Crippen LogP) is 3.13. The van der Waals surface area contributed by atoms with E-state index in [4.69, 9.17) is 0 Å². The molecule has 0 saturated heterocycles. The molecule has 8 nitrogen and oxygen atoms in total. The molecule has 2 amide bonds. The number of hydrogen-bond acceptors (Lipinski definition) is 5. The van der Waals surface area contributed by atoms with Crippen LogP contribution in [0.25, 0.3) is 5.82 Å². The van der Waals surface area contributed by atoms with E-state index in [-0.39, 0.29) is 6.03 Å². The van der Waals surface area contributed by atoms with Crippen LogP contribution in [0.15, 0.2) is 36.4 Å². The molecule has 3 aromatic rings. The highest BCUT2D eigenvalue weighted by molar-refractivity contribution is 5.90. The third-order valence-electron chi connectivity index (χ3n) is 4.24. The maximum absolute atomic E-state index is 12.0. The van der Waals surface area contributed by atoms with Crippen molar-refractivity contribution in [1.82, 2.24) is 25.3 Å². The van der Waals surface area contributed by atoms with Gasteiger partial charge in [0.05, 0.1) is 5.69 Å². The Bertz CT molecular complexity index is 963. The number of nitrogens with one attached hydrogen (secondary N) is 3.